The first-order chi connectivity index (χ1) is 9.52. The van der Waals surface area contributed by atoms with Gasteiger partial charge in [0.25, 0.3) is 5.91 Å². The number of nitrogens with zero attached hydrogens (tertiary/aromatic N) is 1. The molecule has 2 rings (SSSR count). The number of aryl methyl sites for hydroxylation is 1. The molecule has 0 fully saturated rings. The van der Waals surface area contributed by atoms with E-state index in [1.807, 2.05) is 19.1 Å². The van der Waals surface area contributed by atoms with Crippen molar-refractivity contribution in [2.75, 3.05) is 5.32 Å². The first-order valence-corrected chi connectivity index (χ1v) is 6.96. The molecule has 0 heterocycles. The molecule has 1 amide bonds. The quantitative estimate of drug-likeness (QED) is 0.865. The molecule has 0 aromatic heterocycles. The van der Waals surface area contributed by atoms with E-state index in [9.17, 15) is 4.79 Å². The van der Waals surface area contributed by atoms with Crippen molar-refractivity contribution in [3.63, 3.8) is 0 Å². The highest BCUT2D eigenvalue weighted by molar-refractivity contribution is 9.10. The van der Waals surface area contributed by atoms with Crippen molar-refractivity contribution in [3.05, 3.63) is 62.6 Å². The van der Waals surface area contributed by atoms with Crippen LogP contribution in [0.3, 0.4) is 0 Å². The van der Waals surface area contributed by atoms with E-state index in [0.29, 0.717) is 26.3 Å². The topological polar surface area (TPSA) is 52.9 Å². The number of hydrogen-bond donors (Lipinski definition) is 1. The Hall–Kier alpha value is -1.83. The van der Waals surface area contributed by atoms with E-state index in [1.54, 1.807) is 30.3 Å². The lowest BCUT2D eigenvalue weighted by molar-refractivity contribution is 0.102. The van der Waals surface area contributed by atoms with Crippen molar-refractivity contribution < 1.29 is 4.79 Å². The third-order valence-corrected chi connectivity index (χ3v) is 3.94. The Balaban J connectivity index is 2.29. The molecular formula is C15H10BrClN2O. The van der Waals surface area contributed by atoms with Gasteiger partial charge in [-0.15, -0.1) is 0 Å². The maximum absolute atomic E-state index is 12.2. The average molecular weight is 350 g/mol. The summed E-state index contributed by atoms with van der Waals surface area (Å²) in [5, 5.41) is 12.0. The van der Waals surface area contributed by atoms with Gasteiger partial charge in [-0.05, 0) is 52.7 Å². The molecule has 0 atom stereocenters. The maximum atomic E-state index is 12.2. The monoisotopic (exact) mass is 348 g/mol. The first-order valence-electron chi connectivity index (χ1n) is 5.79. The van der Waals surface area contributed by atoms with E-state index in [0.717, 1.165) is 5.56 Å². The van der Waals surface area contributed by atoms with Crippen LogP contribution in [0.4, 0.5) is 5.69 Å². The molecule has 100 valence electrons. The van der Waals surface area contributed by atoms with Crippen LogP contribution >= 0.6 is 27.5 Å². The molecule has 0 bridgehead atoms. The van der Waals surface area contributed by atoms with Gasteiger partial charge >= 0.3 is 0 Å². The molecule has 0 spiro atoms. The van der Waals surface area contributed by atoms with Crippen molar-refractivity contribution >= 4 is 39.1 Å². The zero-order valence-corrected chi connectivity index (χ0v) is 12.9. The number of carbonyl (C=O) groups is 1. The van der Waals surface area contributed by atoms with Crippen LogP contribution in [0.2, 0.25) is 5.02 Å². The largest absolute Gasteiger partial charge is 0.321 e. The highest BCUT2D eigenvalue weighted by atomic mass is 79.9. The number of anilines is 1. The van der Waals surface area contributed by atoms with E-state index >= 15 is 0 Å². The van der Waals surface area contributed by atoms with E-state index < -0.39 is 0 Å². The lowest BCUT2D eigenvalue weighted by Crippen LogP contribution is -2.13. The second-order valence-electron chi connectivity index (χ2n) is 4.20. The average Bonchev–Trinajstić information content (AvgIpc) is 2.44. The van der Waals surface area contributed by atoms with Gasteiger partial charge in [0, 0.05) is 4.47 Å². The van der Waals surface area contributed by atoms with Crippen LogP contribution in [0.1, 0.15) is 21.5 Å². The summed E-state index contributed by atoms with van der Waals surface area (Å²) >= 11 is 9.45. The van der Waals surface area contributed by atoms with Crippen LogP contribution in [0.5, 0.6) is 0 Å². The Morgan fingerprint density at radius 2 is 2.10 bits per heavy atom. The van der Waals surface area contributed by atoms with Gasteiger partial charge in [0.1, 0.15) is 0 Å². The SMILES string of the molecule is Cc1cccc(C(=O)Nc2ccc(C#N)cc2Br)c1Cl. The number of halogens is 2. The fraction of sp³-hybridized carbons (Fsp3) is 0.0667. The Kier molecular flexibility index (Phi) is 4.43. The van der Waals surface area contributed by atoms with Crippen molar-refractivity contribution in [2.45, 2.75) is 6.92 Å². The van der Waals surface area contributed by atoms with Crippen LogP contribution in [0.25, 0.3) is 0 Å². The number of nitriles is 1. The zero-order valence-electron chi connectivity index (χ0n) is 10.6. The van der Waals surface area contributed by atoms with Crippen LogP contribution in [-0.4, -0.2) is 5.91 Å². The Morgan fingerprint density at radius 3 is 2.75 bits per heavy atom. The fourth-order valence-corrected chi connectivity index (χ4v) is 2.39. The minimum atomic E-state index is -0.288. The highest BCUT2D eigenvalue weighted by Gasteiger charge is 2.13. The fourth-order valence-electron chi connectivity index (χ4n) is 1.70. The van der Waals surface area contributed by atoms with Gasteiger partial charge in [-0.2, -0.15) is 5.26 Å². The van der Waals surface area contributed by atoms with Crippen molar-refractivity contribution in [2.24, 2.45) is 0 Å². The van der Waals surface area contributed by atoms with Crippen molar-refractivity contribution in [1.29, 1.82) is 5.26 Å². The molecule has 5 heteroatoms. The maximum Gasteiger partial charge on any atom is 0.257 e. The summed E-state index contributed by atoms with van der Waals surface area (Å²) < 4.78 is 0.647. The lowest BCUT2D eigenvalue weighted by atomic mass is 10.1. The van der Waals surface area contributed by atoms with Crippen molar-refractivity contribution in [1.82, 2.24) is 0 Å². The molecule has 2 aromatic carbocycles. The van der Waals surface area contributed by atoms with Gasteiger partial charge in [0.15, 0.2) is 0 Å². The summed E-state index contributed by atoms with van der Waals surface area (Å²) in [4.78, 5) is 12.2. The van der Waals surface area contributed by atoms with Crippen molar-refractivity contribution in [3.8, 4) is 6.07 Å². The van der Waals surface area contributed by atoms with E-state index in [-0.39, 0.29) is 5.91 Å². The first kappa shape index (κ1) is 14.6. The Bertz CT molecular complexity index is 722. The van der Waals surface area contributed by atoms with E-state index in [1.165, 1.54) is 0 Å². The molecule has 20 heavy (non-hydrogen) atoms. The summed E-state index contributed by atoms with van der Waals surface area (Å²) in [6.07, 6.45) is 0. The minimum absolute atomic E-state index is 0.288. The zero-order chi connectivity index (χ0) is 14.7. The van der Waals surface area contributed by atoms with Crippen LogP contribution in [0, 0.1) is 18.3 Å². The number of hydrogen-bond acceptors (Lipinski definition) is 2. The van der Waals surface area contributed by atoms with Gasteiger partial charge in [-0.3, -0.25) is 4.79 Å². The predicted octanol–water partition coefficient (Wildman–Crippen LogP) is 4.53. The molecule has 3 nitrogen and oxygen atoms in total. The van der Waals surface area contributed by atoms with Crippen LogP contribution in [-0.2, 0) is 0 Å². The van der Waals surface area contributed by atoms with E-state index in [4.69, 9.17) is 16.9 Å². The molecule has 0 aliphatic rings. The summed E-state index contributed by atoms with van der Waals surface area (Å²) in [5.74, 6) is -0.288. The summed E-state index contributed by atoms with van der Waals surface area (Å²) in [6.45, 7) is 1.84. The Labute approximate surface area is 130 Å². The standard InChI is InChI=1S/C15H10BrClN2O/c1-9-3-2-4-11(14(9)17)15(20)19-13-6-5-10(8-18)7-12(13)16/h2-7H,1H3,(H,19,20). The van der Waals surface area contributed by atoms with Gasteiger partial charge in [0.05, 0.1) is 27.9 Å². The third-order valence-electron chi connectivity index (χ3n) is 2.78. The molecule has 2 aromatic rings. The van der Waals surface area contributed by atoms with Crippen LogP contribution in [0.15, 0.2) is 40.9 Å². The summed E-state index contributed by atoms with van der Waals surface area (Å²) in [5.41, 5.74) is 2.37. The second kappa shape index (κ2) is 6.08. The number of nitrogens with one attached hydrogen (secondary N) is 1. The molecule has 0 unspecified atom stereocenters. The number of amides is 1. The number of benzene rings is 2. The van der Waals surface area contributed by atoms with Gasteiger partial charge < -0.3 is 5.32 Å². The number of rotatable bonds is 2. The molecule has 0 saturated carbocycles. The molecule has 0 aliphatic carbocycles. The van der Waals surface area contributed by atoms with Gasteiger partial charge in [-0.25, -0.2) is 0 Å². The van der Waals surface area contributed by atoms with Gasteiger partial charge in [-0.1, -0.05) is 23.7 Å². The van der Waals surface area contributed by atoms with E-state index in [2.05, 4.69) is 21.2 Å². The third kappa shape index (κ3) is 3.01. The van der Waals surface area contributed by atoms with Gasteiger partial charge in [0.2, 0.25) is 0 Å². The summed E-state index contributed by atoms with van der Waals surface area (Å²) in [6, 6.07) is 12.3. The smallest absolute Gasteiger partial charge is 0.257 e. The normalized spacial score (nSPS) is 9.90. The highest BCUT2D eigenvalue weighted by Crippen LogP contribution is 2.26. The molecular weight excluding hydrogens is 340 g/mol. The second-order valence-corrected chi connectivity index (χ2v) is 5.43. The predicted molar refractivity (Wildman–Crippen MR) is 83.0 cm³/mol. The molecule has 0 radical (unpaired) electrons. The Morgan fingerprint density at radius 1 is 1.35 bits per heavy atom. The summed E-state index contributed by atoms with van der Waals surface area (Å²) in [7, 11) is 0. The van der Waals surface area contributed by atoms with Crippen LogP contribution < -0.4 is 5.32 Å². The minimum Gasteiger partial charge on any atom is -0.321 e. The lowest BCUT2D eigenvalue weighted by Gasteiger charge is -2.09. The molecule has 0 saturated heterocycles. The molecule has 1 N–H and O–H groups in total. The molecule has 0 aliphatic heterocycles. The number of carbonyl (C=O) groups excluding carboxylic acids is 1.